The highest BCUT2D eigenvalue weighted by Gasteiger charge is 2.34. The number of rotatable bonds is 50. The van der Waals surface area contributed by atoms with Crippen molar-refractivity contribution in [1.29, 1.82) is 0 Å². The van der Waals surface area contributed by atoms with Crippen LogP contribution in [-0.4, -0.2) is 282 Å². The summed E-state index contributed by atoms with van der Waals surface area (Å²) in [6, 6.07) is 0. The van der Waals surface area contributed by atoms with Crippen molar-refractivity contribution in [3.8, 4) is 0 Å². The predicted molar refractivity (Wildman–Crippen MR) is 356 cm³/mol. The van der Waals surface area contributed by atoms with Crippen LogP contribution in [0.25, 0.3) is 0 Å². The van der Waals surface area contributed by atoms with Crippen LogP contribution in [0.15, 0.2) is 0 Å². The van der Waals surface area contributed by atoms with Crippen LogP contribution in [0.5, 0.6) is 0 Å². The van der Waals surface area contributed by atoms with Crippen molar-refractivity contribution in [1.82, 2.24) is 0 Å². The summed E-state index contributed by atoms with van der Waals surface area (Å²) in [5.74, 6) is -13.3. The normalized spacial score (nSPS) is 12.5. The topological polar surface area (TPSA) is 624 Å². The van der Waals surface area contributed by atoms with Crippen molar-refractivity contribution in [2.45, 2.75) is 172 Å². The van der Waals surface area contributed by atoms with E-state index in [9.17, 15) is 67.7 Å². The van der Waals surface area contributed by atoms with Crippen LogP contribution in [0.2, 0.25) is 0 Å². The minimum Gasteiger partial charge on any atom is -0.481 e. The van der Waals surface area contributed by atoms with Gasteiger partial charge in [-0.15, -0.1) is 0 Å². The summed E-state index contributed by atoms with van der Waals surface area (Å²) in [4.78, 5) is 131. The number of carbonyl (C=O) groups is 12. The largest absolute Gasteiger partial charge is 0.481 e. The number of carboxylic acid groups (broad SMARTS) is 6. The number of ether oxygens (including phenoxy) is 6. The van der Waals surface area contributed by atoms with E-state index >= 15 is 0 Å². The molecule has 0 aromatic carbocycles. The maximum Gasteiger partial charge on any atom is 0.307 e. The molecule has 36 nitrogen and oxygen atoms in total. The number of esters is 6. The Kier molecular flexibility index (Phi) is 61.9. The van der Waals surface area contributed by atoms with Crippen molar-refractivity contribution in [3.05, 3.63) is 0 Å². The third-order valence-electron chi connectivity index (χ3n) is 16.6. The van der Waals surface area contributed by atoms with Gasteiger partial charge in [0.15, 0.2) is 0 Å². The molecule has 18 N–H and O–H groups in total. The Hall–Kier alpha value is -6.84. The molecule has 0 heterocycles. The molecule has 600 valence electrons. The second kappa shape index (κ2) is 59.5. The molecule has 4 atom stereocenters. The van der Waals surface area contributed by atoms with Crippen LogP contribution in [0.3, 0.4) is 0 Å². The van der Waals surface area contributed by atoms with Crippen LogP contribution in [0.4, 0.5) is 0 Å². The third kappa shape index (κ3) is 49.7. The van der Waals surface area contributed by atoms with Gasteiger partial charge < -0.3 is 120 Å². The molecular weight excluding hydrogens is 1370 g/mol. The van der Waals surface area contributed by atoms with E-state index in [1.807, 2.05) is 6.92 Å². The number of hydrogen-bond donors (Lipinski definition) is 18. The number of carbonyl (C=O) groups excluding carboxylic acids is 6. The fraction of sp³-hybridized carbons (Fsp3) is 0.818. The van der Waals surface area contributed by atoms with Crippen molar-refractivity contribution >= 4 is 71.6 Å². The van der Waals surface area contributed by atoms with Gasteiger partial charge >= 0.3 is 71.6 Å². The molecule has 102 heavy (non-hydrogen) atoms. The van der Waals surface area contributed by atoms with Gasteiger partial charge in [-0.25, -0.2) is 0 Å². The Morgan fingerprint density at radius 1 is 0.294 bits per heavy atom. The highest BCUT2D eigenvalue weighted by molar-refractivity contribution is 5.81. The Balaban J connectivity index is -0.000000272. The van der Waals surface area contributed by atoms with Crippen LogP contribution in [-0.2, 0) is 86.0 Å². The van der Waals surface area contributed by atoms with Gasteiger partial charge in [0.05, 0.1) is 181 Å². The van der Waals surface area contributed by atoms with E-state index in [1.165, 1.54) is 20.8 Å². The first-order valence-corrected chi connectivity index (χ1v) is 33.2. The zero-order chi connectivity index (χ0) is 80.5. The first-order chi connectivity index (χ1) is 47.6. The summed E-state index contributed by atoms with van der Waals surface area (Å²) in [6.45, 7) is 12.4. The Labute approximate surface area is 594 Å². The predicted octanol–water partition coefficient (Wildman–Crippen LogP) is 0.417. The molecule has 0 rings (SSSR count). The minimum absolute atomic E-state index is 0.102. The molecule has 0 fully saturated rings. The molecule has 36 heteroatoms. The van der Waals surface area contributed by atoms with Crippen molar-refractivity contribution in [2.75, 3.05) is 119 Å². The fourth-order valence-electron chi connectivity index (χ4n) is 6.67. The Bertz CT molecular complexity index is 2180. The summed E-state index contributed by atoms with van der Waals surface area (Å²) in [6.07, 6.45) is 2.57. The molecular formula is C66H120O36. The summed E-state index contributed by atoms with van der Waals surface area (Å²) in [5.41, 5.74) is -5.10. The average Bonchev–Trinajstić information content (AvgIpc) is 0.928. The van der Waals surface area contributed by atoms with Gasteiger partial charge in [0.1, 0.15) is 39.6 Å². The second-order valence-electron chi connectivity index (χ2n) is 25.4. The summed E-state index contributed by atoms with van der Waals surface area (Å²) < 4.78 is 29.2. The number of aliphatic hydroxyl groups excluding tert-OH is 12. The lowest BCUT2D eigenvalue weighted by Crippen LogP contribution is -2.35. The van der Waals surface area contributed by atoms with Crippen LogP contribution >= 0.6 is 0 Å². The van der Waals surface area contributed by atoms with Gasteiger partial charge in [-0.05, 0) is 38.5 Å². The van der Waals surface area contributed by atoms with Crippen molar-refractivity contribution in [3.63, 3.8) is 0 Å². The van der Waals surface area contributed by atoms with Gasteiger partial charge in [-0.1, -0.05) is 82.1 Å². The lowest BCUT2D eigenvalue weighted by atomic mass is 9.88. The minimum atomic E-state index is -1.07. The third-order valence-corrected chi connectivity index (χ3v) is 16.6. The van der Waals surface area contributed by atoms with E-state index in [2.05, 4.69) is 0 Å². The summed E-state index contributed by atoms with van der Waals surface area (Å²) in [7, 11) is 0. The number of carboxylic acids is 6. The Morgan fingerprint density at radius 2 is 0.510 bits per heavy atom. The first-order valence-electron chi connectivity index (χ1n) is 33.2. The maximum absolute atomic E-state index is 11.7. The van der Waals surface area contributed by atoms with Crippen LogP contribution in [0, 0.1) is 56.2 Å². The molecule has 0 spiro atoms. The number of aliphatic carboxylic acids is 6. The van der Waals surface area contributed by atoms with Crippen molar-refractivity contribution < 1.29 is 178 Å². The summed E-state index contributed by atoms with van der Waals surface area (Å²) in [5, 5.41) is 161. The highest BCUT2D eigenvalue weighted by atomic mass is 16.6. The van der Waals surface area contributed by atoms with E-state index in [0.29, 0.717) is 38.5 Å². The van der Waals surface area contributed by atoms with E-state index in [0.717, 1.165) is 12.8 Å². The van der Waals surface area contributed by atoms with Gasteiger partial charge in [0.2, 0.25) is 0 Å². The average molecular weight is 1490 g/mol. The van der Waals surface area contributed by atoms with Crippen molar-refractivity contribution in [2.24, 2.45) is 56.2 Å². The van der Waals surface area contributed by atoms with Gasteiger partial charge in [0, 0.05) is 5.41 Å². The van der Waals surface area contributed by atoms with E-state index in [1.54, 1.807) is 41.5 Å². The standard InChI is InChI=1S/C14H26O6.3C11H20O6.C10H18O6.C9H16O6/c1-3-5-6-11(13(18)19)7-12(17)20-10-14(4-2,8-15)9-16;3*1-3-11(5-12,6-13)7-17-9(14)4-8(2)10(15)16;1-2-10(5-11,6-12)7-16-9(15)4-3-8(13)14;1-9(4-10,5-11)6-15-8(14)3-2-7(12)13/h11,15-16H,3-10H2,1-2H3,(H,18,19);3*8,12-13H,3-7H2,1-2H3,(H,15,16);11-12H,2-7H2,1H3,(H,13,14);10-11H,2-6H2,1H3,(H,12,13). The van der Waals surface area contributed by atoms with E-state index < -0.39 is 128 Å². The number of aliphatic hydroxyl groups is 12. The SMILES string of the molecule is CC(CO)(CO)COC(=O)CCC(=O)O.CCC(CO)(CO)COC(=O)CC(C)C(=O)O.CCC(CO)(CO)COC(=O)CC(C)C(=O)O.CCC(CO)(CO)COC(=O)CC(C)C(=O)O.CCC(CO)(CO)COC(=O)CCC(=O)O.CCCCC(CC(=O)OCC(CC)(CO)CO)C(=O)O. The molecule has 4 unspecified atom stereocenters. The maximum atomic E-state index is 11.7. The van der Waals surface area contributed by atoms with Gasteiger partial charge in [0.25, 0.3) is 0 Å². The smallest absolute Gasteiger partial charge is 0.307 e. The molecule has 0 aliphatic rings. The van der Waals surface area contributed by atoms with E-state index in [4.69, 9.17) is 110 Å². The molecule has 0 aromatic rings. The molecule has 0 aliphatic carbocycles. The second-order valence-corrected chi connectivity index (χ2v) is 25.4. The molecule has 0 bridgehead atoms. The Morgan fingerprint density at radius 3 is 0.686 bits per heavy atom. The molecule has 0 aromatic heterocycles. The zero-order valence-electron chi connectivity index (χ0n) is 60.7. The highest BCUT2D eigenvalue weighted by Crippen LogP contribution is 2.26. The van der Waals surface area contributed by atoms with Gasteiger partial charge in [-0.3, -0.25) is 57.5 Å². The number of hydrogen-bond acceptors (Lipinski definition) is 30. The quantitative estimate of drug-likeness (QED) is 0.0290. The number of unbranched alkanes of at least 4 members (excludes halogenated alkanes) is 1. The van der Waals surface area contributed by atoms with Crippen LogP contribution in [0.1, 0.15) is 172 Å². The fourth-order valence-corrected chi connectivity index (χ4v) is 6.67. The summed E-state index contributed by atoms with van der Waals surface area (Å²) >= 11 is 0. The van der Waals surface area contributed by atoms with E-state index in [-0.39, 0.29) is 170 Å². The molecule has 0 saturated carbocycles. The molecule has 0 aliphatic heterocycles. The van der Waals surface area contributed by atoms with Gasteiger partial charge in [-0.2, -0.15) is 0 Å². The first kappa shape index (κ1) is 106. The molecule has 0 saturated heterocycles. The monoisotopic (exact) mass is 1490 g/mol. The lowest BCUT2D eigenvalue weighted by molar-refractivity contribution is -0.156. The molecule has 0 amide bonds. The lowest BCUT2D eigenvalue weighted by Gasteiger charge is -2.27. The zero-order valence-corrected chi connectivity index (χ0v) is 60.7. The van der Waals surface area contributed by atoms with Crippen LogP contribution < -0.4 is 0 Å². The molecule has 0 radical (unpaired) electrons.